The van der Waals surface area contributed by atoms with Gasteiger partial charge in [-0.2, -0.15) is 0 Å². The number of nitrogens with two attached hydrogens (primary N) is 1. The van der Waals surface area contributed by atoms with E-state index in [2.05, 4.69) is 16.4 Å². The predicted molar refractivity (Wildman–Crippen MR) is 122 cm³/mol. The lowest BCUT2D eigenvalue weighted by molar-refractivity contribution is 0.602. The van der Waals surface area contributed by atoms with Crippen LogP contribution in [0.4, 0.5) is 5.69 Å². The second-order valence-electron chi connectivity index (χ2n) is 6.51. The Labute approximate surface area is 182 Å². The Balaban J connectivity index is 0.00000261. The lowest BCUT2D eigenvalue weighted by Gasteiger charge is -2.19. The monoisotopic (exact) mass is 519 g/mol. The first-order chi connectivity index (χ1) is 12.3. The van der Waals surface area contributed by atoms with Gasteiger partial charge < -0.3 is 11.1 Å². The zero-order valence-electron chi connectivity index (χ0n) is 15.0. The number of nitrogens with one attached hydrogen (secondary N) is 1. The van der Waals surface area contributed by atoms with Crippen molar-refractivity contribution >= 4 is 57.1 Å². The topological polar surface area (TPSA) is 84.5 Å². The van der Waals surface area contributed by atoms with Crippen LogP contribution in [0.25, 0.3) is 0 Å². The molecule has 1 aliphatic carbocycles. The number of anilines is 1. The van der Waals surface area contributed by atoms with E-state index in [0.29, 0.717) is 12.5 Å². The zero-order chi connectivity index (χ0) is 18.7. The van der Waals surface area contributed by atoms with Crippen molar-refractivity contribution in [3.63, 3.8) is 0 Å². The van der Waals surface area contributed by atoms with E-state index in [-0.39, 0.29) is 33.9 Å². The number of aliphatic imine (C=N–C) groups is 1. The van der Waals surface area contributed by atoms with Gasteiger partial charge >= 0.3 is 0 Å². The van der Waals surface area contributed by atoms with Gasteiger partial charge in [-0.1, -0.05) is 29.8 Å². The number of rotatable bonds is 4. The average Bonchev–Trinajstić information content (AvgIpc) is 2.59. The SMILES string of the molecule is CS(=O)(=O)c1ccc(CN=C(N)Nc2cccc3c2CCCC3)cc1Cl.I. The molecule has 146 valence electrons. The van der Waals surface area contributed by atoms with Gasteiger partial charge in [0.2, 0.25) is 0 Å². The first-order valence-electron chi connectivity index (χ1n) is 8.51. The van der Waals surface area contributed by atoms with Gasteiger partial charge in [0.05, 0.1) is 16.5 Å². The molecular formula is C19H23ClIN3O2S. The molecule has 5 nitrogen and oxygen atoms in total. The van der Waals surface area contributed by atoms with Crippen molar-refractivity contribution in [1.82, 2.24) is 0 Å². The molecule has 8 heteroatoms. The fourth-order valence-corrected chi connectivity index (χ4v) is 4.55. The molecular weight excluding hydrogens is 497 g/mol. The predicted octanol–water partition coefficient (Wildman–Crippen LogP) is 4.17. The Morgan fingerprint density at radius 1 is 1.22 bits per heavy atom. The summed E-state index contributed by atoms with van der Waals surface area (Å²) in [5.74, 6) is 0.326. The summed E-state index contributed by atoms with van der Waals surface area (Å²) in [6, 6.07) is 11.0. The quantitative estimate of drug-likeness (QED) is 0.361. The summed E-state index contributed by atoms with van der Waals surface area (Å²) in [4.78, 5) is 4.47. The summed E-state index contributed by atoms with van der Waals surface area (Å²) >= 11 is 6.06. The van der Waals surface area contributed by atoms with E-state index in [1.54, 1.807) is 12.1 Å². The van der Waals surface area contributed by atoms with Crippen molar-refractivity contribution < 1.29 is 8.42 Å². The smallest absolute Gasteiger partial charge is 0.193 e. The fraction of sp³-hybridized carbons (Fsp3) is 0.316. The lowest BCUT2D eigenvalue weighted by atomic mass is 9.90. The van der Waals surface area contributed by atoms with E-state index < -0.39 is 9.84 Å². The minimum atomic E-state index is -3.34. The highest BCUT2D eigenvalue weighted by molar-refractivity contribution is 14.0. The molecule has 1 aliphatic rings. The van der Waals surface area contributed by atoms with Crippen LogP contribution in [0.1, 0.15) is 29.5 Å². The van der Waals surface area contributed by atoms with Gasteiger partial charge in [0.25, 0.3) is 0 Å². The third-order valence-corrected chi connectivity index (χ3v) is 6.07. The molecule has 0 atom stereocenters. The van der Waals surface area contributed by atoms with Gasteiger partial charge in [0, 0.05) is 11.9 Å². The molecule has 3 rings (SSSR count). The molecule has 0 saturated heterocycles. The standard InChI is InChI=1S/C19H22ClN3O2S.HI/c1-26(24,25)18-10-9-13(11-16(18)20)12-22-19(21)23-17-8-4-6-14-5-2-3-7-15(14)17;/h4,6,8-11H,2-3,5,7,12H2,1H3,(H3,21,22,23);1H. The molecule has 0 bridgehead atoms. The maximum Gasteiger partial charge on any atom is 0.193 e. The lowest BCUT2D eigenvalue weighted by Crippen LogP contribution is -2.24. The van der Waals surface area contributed by atoms with Crippen molar-refractivity contribution in [1.29, 1.82) is 0 Å². The number of sulfone groups is 1. The van der Waals surface area contributed by atoms with Gasteiger partial charge in [-0.15, -0.1) is 24.0 Å². The highest BCUT2D eigenvalue weighted by atomic mass is 127. The molecule has 2 aromatic rings. The zero-order valence-corrected chi connectivity index (χ0v) is 18.9. The van der Waals surface area contributed by atoms with Crippen LogP contribution < -0.4 is 11.1 Å². The van der Waals surface area contributed by atoms with Crippen LogP contribution in [0.2, 0.25) is 5.02 Å². The summed E-state index contributed by atoms with van der Waals surface area (Å²) in [7, 11) is -3.34. The van der Waals surface area contributed by atoms with E-state index in [1.165, 1.54) is 30.0 Å². The van der Waals surface area contributed by atoms with Gasteiger partial charge in [0.1, 0.15) is 0 Å². The molecule has 0 fully saturated rings. The molecule has 0 unspecified atom stereocenters. The summed E-state index contributed by atoms with van der Waals surface area (Å²) in [6.07, 6.45) is 5.70. The molecule has 0 saturated carbocycles. The highest BCUT2D eigenvalue weighted by Gasteiger charge is 2.14. The van der Waals surface area contributed by atoms with Crippen LogP contribution in [-0.2, 0) is 29.2 Å². The van der Waals surface area contributed by atoms with Crippen LogP contribution in [0.3, 0.4) is 0 Å². The van der Waals surface area contributed by atoms with E-state index in [4.69, 9.17) is 17.3 Å². The Morgan fingerprint density at radius 2 is 1.96 bits per heavy atom. The van der Waals surface area contributed by atoms with Gasteiger partial charge in [-0.05, 0) is 60.6 Å². The molecule has 0 aromatic heterocycles. The number of halogens is 2. The number of nitrogens with zero attached hydrogens (tertiary/aromatic N) is 1. The summed E-state index contributed by atoms with van der Waals surface area (Å²) in [5, 5.41) is 3.39. The van der Waals surface area contributed by atoms with Crippen LogP contribution >= 0.6 is 35.6 Å². The largest absolute Gasteiger partial charge is 0.370 e. The normalized spacial score (nSPS) is 14.2. The number of hydrogen-bond donors (Lipinski definition) is 2. The average molecular weight is 520 g/mol. The Hall–Kier alpha value is -1.32. The van der Waals surface area contributed by atoms with Gasteiger partial charge in [-0.3, -0.25) is 0 Å². The van der Waals surface area contributed by atoms with Crippen molar-refractivity contribution in [3.05, 3.63) is 58.1 Å². The third-order valence-electron chi connectivity index (χ3n) is 4.49. The molecule has 0 amide bonds. The van der Waals surface area contributed by atoms with E-state index in [1.807, 2.05) is 12.1 Å². The van der Waals surface area contributed by atoms with Crippen LogP contribution in [0.15, 0.2) is 46.3 Å². The number of benzene rings is 2. The summed E-state index contributed by atoms with van der Waals surface area (Å²) < 4.78 is 23.2. The Morgan fingerprint density at radius 3 is 2.67 bits per heavy atom. The first-order valence-corrected chi connectivity index (χ1v) is 10.8. The molecule has 0 heterocycles. The first kappa shape index (κ1) is 22.0. The van der Waals surface area contributed by atoms with E-state index >= 15 is 0 Å². The van der Waals surface area contributed by atoms with Crippen LogP contribution in [-0.4, -0.2) is 20.6 Å². The van der Waals surface area contributed by atoms with E-state index in [9.17, 15) is 8.42 Å². The maximum atomic E-state index is 11.6. The second-order valence-corrected chi connectivity index (χ2v) is 8.91. The molecule has 0 aliphatic heterocycles. The number of guanidine groups is 1. The Kier molecular flexibility index (Phi) is 7.53. The molecule has 3 N–H and O–H groups in total. The van der Waals surface area contributed by atoms with Crippen molar-refractivity contribution in [3.8, 4) is 0 Å². The van der Waals surface area contributed by atoms with E-state index in [0.717, 1.165) is 30.3 Å². The number of hydrogen-bond acceptors (Lipinski definition) is 3. The fourth-order valence-electron chi connectivity index (χ4n) is 3.20. The third kappa shape index (κ3) is 5.58. The maximum absolute atomic E-state index is 11.6. The minimum Gasteiger partial charge on any atom is -0.370 e. The van der Waals surface area contributed by atoms with Crippen molar-refractivity contribution in [2.24, 2.45) is 10.7 Å². The minimum absolute atomic E-state index is 0. The molecule has 2 aromatic carbocycles. The number of aryl methyl sites for hydroxylation is 1. The van der Waals surface area contributed by atoms with Crippen LogP contribution in [0.5, 0.6) is 0 Å². The Bertz CT molecular complexity index is 961. The molecule has 0 radical (unpaired) electrons. The number of fused-ring (bicyclic) bond motifs is 1. The van der Waals surface area contributed by atoms with Gasteiger partial charge in [-0.25, -0.2) is 13.4 Å². The molecule has 0 spiro atoms. The molecule has 27 heavy (non-hydrogen) atoms. The van der Waals surface area contributed by atoms with Crippen molar-refractivity contribution in [2.45, 2.75) is 37.1 Å². The summed E-state index contributed by atoms with van der Waals surface area (Å²) in [6.45, 7) is 0.317. The second kappa shape index (κ2) is 9.25. The van der Waals surface area contributed by atoms with Crippen molar-refractivity contribution in [2.75, 3.05) is 11.6 Å². The summed E-state index contributed by atoms with van der Waals surface area (Å²) in [5.41, 5.74) is 10.5. The van der Waals surface area contributed by atoms with Crippen LogP contribution in [0, 0.1) is 0 Å². The highest BCUT2D eigenvalue weighted by Crippen LogP contribution is 2.28. The van der Waals surface area contributed by atoms with Gasteiger partial charge in [0.15, 0.2) is 15.8 Å².